The molecule has 0 spiro atoms. The molecule has 0 aliphatic carbocycles. The van der Waals surface area contributed by atoms with E-state index in [9.17, 15) is 26.7 Å². The third kappa shape index (κ3) is 3.09. The Morgan fingerprint density at radius 1 is 1.32 bits per heavy atom. The van der Waals surface area contributed by atoms with Gasteiger partial charge in [-0.2, -0.15) is 13.2 Å². The number of halogens is 5. The molecule has 1 aromatic rings. The van der Waals surface area contributed by atoms with Crippen LogP contribution < -0.4 is 4.74 Å². The Kier molecular flexibility index (Phi) is 4.28. The molecule has 0 radical (unpaired) electrons. The van der Waals surface area contributed by atoms with E-state index in [1.165, 1.54) is 0 Å². The fourth-order valence-corrected chi connectivity index (χ4v) is 1.32. The lowest BCUT2D eigenvalue weighted by Gasteiger charge is -2.14. The molecule has 1 heterocycles. The Morgan fingerprint density at radius 3 is 2.26 bits per heavy atom. The first kappa shape index (κ1) is 15.1. The van der Waals surface area contributed by atoms with Crippen LogP contribution in [0.4, 0.5) is 22.0 Å². The van der Waals surface area contributed by atoms with Gasteiger partial charge in [0.05, 0.1) is 14.2 Å². The number of ether oxygens (including phenoxy) is 2. The summed E-state index contributed by atoms with van der Waals surface area (Å²) in [5.41, 5.74) is -3.81. The van der Waals surface area contributed by atoms with Crippen LogP contribution in [0.15, 0.2) is 6.07 Å². The topological polar surface area (TPSA) is 48.4 Å². The van der Waals surface area contributed by atoms with Gasteiger partial charge in [-0.15, -0.1) is 0 Å². The first-order valence-electron chi connectivity index (χ1n) is 4.75. The van der Waals surface area contributed by atoms with Gasteiger partial charge in [-0.1, -0.05) is 0 Å². The molecule has 0 aliphatic rings. The van der Waals surface area contributed by atoms with Gasteiger partial charge in [-0.3, -0.25) is 0 Å². The number of nitrogens with zero attached hydrogens (tertiary/aromatic N) is 1. The number of carbonyl (C=O) groups excluding carboxylic acids is 1. The molecule has 4 nitrogen and oxygen atoms in total. The van der Waals surface area contributed by atoms with Crippen molar-refractivity contribution in [3.05, 3.63) is 22.9 Å². The number of rotatable bonds is 3. The quantitative estimate of drug-likeness (QED) is 0.633. The molecule has 0 amide bonds. The molecule has 0 fully saturated rings. The maximum Gasteiger partial charge on any atom is 0.433 e. The van der Waals surface area contributed by atoms with Crippen LogP contribution >= 0.6 is 0 Å². The van der Waals surface area contributed by atoms with Gasteiger partial charge in [0.2, 0.25) is 5.88 Å². The van der Waals surface area contributed by atoms with Gasteiger partial charge in [0.15, 0.2) is 5.69 Å². The van der Waals surface area contributed by atoms with Crippen molar-refractivity contribution in [2.45, 2.75) is 12.6 Å². The maximum absolute atomic E-state index is 12.6. The van der Waals surface area contributed by atoms with Crippen LogP contribution in [0, 0.1) is 0 Å². The summed E-state index contributed by atoms with van der Waals surface area (Å²) in [4.78, 5) is 14.2. The Balaban J connectivity index is 3.56. The third-order valence-corrected chi connectivity index (χ3v) is 2.12. The molecule has 0 aromatic carbocycles. The van der Waals surface area contributed by atoms with Gasteiger partial charge < -0.3 is 9.47 Å². The minimum absolute atomic E-state index is 0.366. The molecular weight excluding hydrogens is 277 g/mol. The highest BCUT2D eigenvalue weighted by Crippen LogP contribution is 2.37. The van der Waals surface area contributed by atoms with Crippen LogP contribution in [0.25, 0.3) is 0 Å². The summed E-state index contributed by atoms with van der Waals surface area (Å²) >= 11 is 0. The van der Waals surface area contributed by atoms with E-state index in [1.807, 2.05) is 0 Å². The van der Waals surface area contributed by atoms with Crippen LogP contribution in [0.2, 0.25) is 0 Å². The molecule has 0 N–H and O–H groups in total. The lowest BCUT2D eigenvalue weighted by molar-refractivity contribution is -0.143. The lowest BCUT2D eigenvalue weighted by atomic mass is 10.1. The van der Waals surface area contributed by atoms with Crippen molar-refractivity contribution >= 4 is 5.97 Å². The highest BCUT2D eigenvalue weighted by molar-refractivity contribution is 5.92. The van der Waals surface area contributed by atoms with Crippen LogP contribution in [0.3, 0.4) is 0 Å². The predicted octanol–water partition coefficient (Wildman–Crippen LogP) is 2.83. The van der Waals surface area contributed by atoms with E-state index in [0.717, 1.165) is 14.2 Å². The number of esters is 1. The standard InChI is InChI=1S/C10H8F5NO3/c1-18-8-5(9(17)19-2)3-4(7(11)12)6(16-8)10(13,14)15/h3,7H,1-2H3. The minimum atomic E-state index is -5.09. The fourth-order valence-electron chi connectivity index (χ4n) is 1.32. The van der Waals surface area contributed by atoms with Crippen molar-refractivity contribution in [2.75, 3.05) is 14.2 Å². The summed E-state index contributed by atoms with van der Waals surface area (Å²) in [5.74, 6) is -1.86. The molecule has 0 atom stereocenters. The normalized spacial score (nSPS) is 11.6. The van der Waals surface area contributed by atoms with Crippen molar-refractivity contribution in [2.24, 2.45) is 0 Å². The van der Waals surface area contributed by atoms with Gasteiger partial charge in [-0.05, 0) is 6.07 Å². The molecule has 106 valence electrons. The first-order valence-corrected chi connectivity index (χ1v) is 4.75. The highest BCUT2D eigenvalue weighted by Gasteiger charge is 2.39. The molecule has 9 heteroatoms. The second kappa shape index (κ2) is 5.37. The van der Waals surface area contributed by atoms with Gasteiger partial charge in [0.1, 0.15) is 5.56 Å². The number of hydrogen-bond acceptors (Lipinski definition) is 4. The van der Waals surface area contributed by atoms with Crippen molar-refractivity contribution in [1.82, 2.24) is 4.98 Å². The van der Waals surface area contributed by atoms with E-state index in [4.69, 9.17) is 0 Å². The Labute approximate surface area is 104 Å². The Hall–Kier alpha value is -1.93. The van der Waals surface area contributed by atoms with Gasteiger partial charge in [0.25, 0.3) is 6.43 Å². The monoisotopic (exact) mass is 285 g/mol. The smallest absolute Gasteiger partial charge is 0.433 e. The van der Waals surface area contributed by atoms with Crippen LogP contribution in [-0.2, 0) is 10.9 Å². The second-order valence-corrected chi connectivity index (χ2v) is 3.27. The summed E-state index contributed by atoms with van der Waals surface area (Å²) in [5, 5.41) is 0. The summed E-state index contributed by atoms with van der Waals surface area (Å²) in [6, 6.07) is 0.366. The zero-order chi connectivity index (χ0) is 14.8. The molecule has 0 bridgehead atoms. The number of carbonyl (C=O) groups is 1. The van der Waals surface area contributed by atoms with E-state index in [2.05, 4.69) is 14.5 Å². The number of alkyl halides is 5. The van der Waals surface area contributed by atoms with Crippen molar-refractivity contribution < 1.29 is 36.2 Å². The van der Waals surface area contributed by atoms with Crippen LogP contribution in [0.1, 0.15) is 28.0 Å². The molecule has 0 saturated carbocycles. The largest absolute Gasteiger partial charge is 0.480 e. The molecule has 0 saturated heterocycles. The van der Waals surface area contributed by atoms with E-state index in [1.54, 1.807) is 0 Å². The average molecular weight is 285 g/mol. The predicted molar refractivity (Wildman–Crippen MR) is 52.1 cm³/mol. The SMILES string of the molecule is COC(=O)c1cc(C(F)F)c(C(F)(F)F)nc1OC. The van der Waals surface area contributed by atoms with E-state index >= 15 is 0 Å². The van der Waals surface area contributed by atoms with Gasteiger partial charge in [-0.25, -0.2) is 18.6 Å². The van der Waals surface area contributed by atoms with Gasteiger partial charge in [0, 0.05) is 5.56 Å². The summed E-state index contributed by atoms with van der Waals surface area (Å²) in [6.07, 6.45) is -8.54. The fraction of sp³-hybridized carbons (Fsp3) is 0.400. The molecular formula is C10H8F5NO3. The van der Waals surface area contributed by atoms with Crippen molar-refractivity contribution in [1.29, 1.82) is 0 Å². The first-order chi connectivity index (χ1) is 8.72. The second-order valence-electron chi connectivity index (χ2n) is 3.27. The van der Waals surface area contributed by atoms with E-state index < -0.39 is 41.3 Å². The summed E-state index contributed by atoms with van der Waals surface area (Å²) in [6.45, 7) is 0. The van der Waals surface area contributed by atoms with Crippen molar-refractivity contribution in [3.63, 3.8) is 0 Å². The summed E-state index contributed by atoms with van der Waals surface area (Å²) < 4.78 is 71.7. The number of aromatic nitrogens is 1. The zero-order valence-electron chi connectivity index (χ0n) is 9.72. The van der Waals surface area contributed by atoms with E-state index in [0.29, 0.717) is 6.07 Å². The third-order valence-electron chi connectivity index (χ3n) is 2.12. The summed E-state index contributed by atoms with van der Waals surface area (Å²) in [7, 11) is 1.90. The minimum Gasteiger partial charge on any atom is -0.480 e. The van der Waals surface area contributed by atoms with Crippen LogP contribution in [-0.4, -0.2) is 25.2 Å². The molecule has 0 unspecified atom stereocenters. The molecule has 1 rings (SSSR count). The molecule has 19 heavy (non-hydrogen) atoms. The average Bonchev–Trinajstić information content (AvgIpc) is 2.34. The Bertz CT molecular complexity index is 487. The van der Waals surface area contributed by atoms with Gasteiger partial charge >= 0.3 is 12.1 Å². The zero-order valence-corrected chi connectivity index (χ0v) is 9.72. The molecule has 0 aliphatic heterocycles. The highest BCUT2D eigenvalue weighted by atomic mass is 19.4. The number of methoxy groups -OCH3 is 2. The maximum atomic E-state index is 12.6. The Morgan fingerprint density at radius 2 is 1.89 bits per heavy atom. The number of pyridine rings is 1. The van der Waals surface area contributed by atoms with Crippen molar-refractivity contribution in [3.8, 4) is 5.88 Å². The molecule has 1 aromatic heterocycles. The van der Waals surface area contributed by atoms with E-state index in [-0.39, 0.29) is 0 Å². The number of hydrogen-bond donors (Lipinski definition) is 0. The van der Waals surface area contributed by atoms with Crippen LogP contribution in [0.5, 0.6) is 5.88 Å². The lowest BCUT2D eigenvalue weighted by Crippen LogP contribution is -2.16.